The second-order valence-electron chi connectivity index (χ2n) is 6.15. The van der Waals surface area contributed by atoms with Crippen LogP contribution in [0.4, 0.5) is 0 Å². The first-order valence-electron chi connectivity index (χ1n) is 8.35. The van der Waals surface area contributed by atoms with Gasteiger partial charge in [0.25, 0.3) is 5.91 Å². The first-order chi connectivity index (χ1) is 11.8. The van der Waals surface area contributed by atoms with Gasteiger partial charge in [0, 0.05) is 43.4 Å². The molecule has 1 saturated heterocycles. The van der Waals surface area contributed by atoms with Crippen LogP contribution in [0.2, 0.25) is 0 Å². The fraction of sp³-hybridized carbons (Fsp3) is 0.471. The lowest BCUT2D eigenvalue weighted by Gasteiger charge is -2.34. The number of carbonyl (C=O) groups excluding carboxylic acids is 1. The standard InChI is InChI=1S/C17H23N3O3S2/c1-4-25(22,23)20-11-9-18(10-12-20)16(21)15-13(2)14(3)24-17(15)19-7-5-6-8-19/h5-8H,4,9-12H2,1-3H3. The van der Waals surface area contributed by atoms with Gasteiger partial charge in [0.05, 0.1) is 11.3 Å². The normalized spacial score (nSPS) is 16.4. The van der Waals surface area contributed by atoms with Gasteiger partial charge in [-0.25, -0.2) is 8.42 Å². The van der Waals surface area contributed by atoms with E-state index in [0.717, 1.165) is 21.0 Å². The topological polar surface area (TPSA) is 62.6 Å². The Hall–Kier alpha value is -1.64. The number of rotatable bonds is 4. The molecule has 0 N–H and O–H groups in total. The number of carbonyl (C=O) groups is 1. The van der Waals surface area contributed by atoms with Crippen molar-refractivity contribution in [1.82, 2.24) is 13.8 Å². The van der Waals surface area contributed by atoms with Gasteiger partial charge in [-0.3, -0.25) is 4.79 Å². The molecule has 0 radical (unpaired) electrons. The van der Waals surface area contributed by atoms with E-state index in [0.29, 0.717) is 26.2 Å². The molecule has 0 atom stereocenters. The maximum atomic E-state index is 13.1. The minimum atomic E-state index is -3.19. The lowest BCUT2D eigenvalue weighted by molar-refractivity contribution is 0.0698. The Labute approximate surface area is 152 Å². The van der Waals surface area contributed by atoms with Crippen molar-refractivity contribution >= 4 is 27.3 Å². The van der Waals surface area contributed by atoms with Crippen LogP contribution < -0.4 is 0 Å². The highest BCUT2D eigenvalue weighted by molar-refractivity contribution is 7.89. The smallest absolute Gasteiger partial charge is 0.257 e. The molecule has 0 aliphatic carbocycles. The Morgan fingerprint density at radius 2 is 1.72 bits per heavy atom. The first-order valence-corrected chi connectivity index (χ1v) is 10.8. The summed E-state index contributed by atoms with van der Waals surface area (Å²) in [4.78, 5) is 16.0. The fourth-order valence-electron chi connectivity index (χ4n) is 3.02. The van der Waals surface area contributed by atoms with Crippen LogP contribution in [0.5, 0.6) is 0 Å². The number of aromatic nitrogens is 1. The molecule has 6 nitrogen and oxygen atoms in total. The molecule has 1 fully saturated rings. The third-order valence-electron chi connectivity index (χ3n) is 4.70. The summed E-state index contributed by atoms with van der Waals surface area (Å²) in [5.41, 5.74) is 1.73. The number of hydrogen-bond donors (Lipinski definition) is 0. The third kappa shape index (κ3) is 3.38. The fourth-order valence-corrected chi connectivity index (χ4v) is 5.22. The van der Waals surface area contributed by atoms with E-state index < -0.39 is 10.0 Å². The van der Waals surface area contributed by atoms with Gasteiger partial charge >= 0.3 is 0 Å². The summed E-state index contributed by atoms with van der Waals surface area (Å²) in [5, 5.41) is 0.925. The second kappa shape index (κ2) is 6.93. The SMILES string of the molecule is CCS(=O)(=O)N1CCN(C(=O)c2c(-n3cccc3)sc(C)c2C)CC1. The Morgan fingerprint density at radius 1 is 1.12 bits per heavy atom. The average Bonchev–Trinajstić information content (AvgIpc) is 3.23. The Balaban J connectivity index is 1.84. The van der Waals surface area contributed by atoms with E-state index in [1.807, 2.05) is 42.9 Å². The van der Waals surface area contributed by atoms with E-state index in [4.69, 9.17) is 0 Å². The van der Waals surface area contributed by atoms with Crippen LogP contribution in [0.25, 0.3) is 5.00 Å². The van der Waals surface area contributed by atoms with Crippen molar-refractivity contribution in [3.05, 3.63) is 40.5 Å². The molecular weight excluding hydrogens is 358 g/mol. The summed E-state index contributed by atoms with van der Waals surface area (Å²) in [6.07, 6.45) is 3.88. The molecule has 3 heterocycles. The highest BCUT2D eigenvalue weighted by atomic mass is 32.2. The lowest BCUT2D eigenvalue weighted by Crippen LogP contribution is -2.51. The van der Waals surface area contributed by atoms with Crippen LogP contribution in [-0.4, -0.2) is 60.0 Å². The number of hydrogen-bond acceptors (Lipinski definition) is 4. The van der Waals surface area contributed by atoms with E-state index in [1.54, 1.807) is 23.2 Å². The maximum absolute atomic E-state index is 13.1. The summed E-state index contributed by atoms with van der Waals surface area (Å²) >= 11 is 1.61. The molecule has 8 heteroatoms. The van der Waals surface area contributed by atoms with Crippen LogP contribution in [0.3, 0.4) is 0 Å². The molecule has 0 bridgehead atoms. The molecule has 1 aliphatic rings. The summed E-state index contributed by atoms with van der Waals surface area (Å²) < 4.78 is 27.4. The van der Waals surface area contributed by atoms with Crippen LogP contribution >= 0.6 is 11.3 Å². The van der Waals surface area contributed by atoms with E-state index in [-0.39, 0.29) is 11.7 Å². The van der Waals surface area contributed by atoms with Gasteiger partial charge in [-0.1, -0.05) is 0 Å². The van der Waals surface area contributed by atoms with Crippen LogP contribution in [-0.2, 0) is 10.0 Å². The van der Waals surface area contributed by atoms with Crippen LogP contribution in [0.1, 0.15) is 27.7 Å². The third-order valence-corrected chi connectivity index (χ3v) is 7.81. The van der Waals surface area contributed by atoms with E-state index in [9.17, 15) is 13.2 Å². The number of amides is 1. The summed E-state index contributed by atoms with van der Waals surface area (Å²) in [7, 11) is -3.19. The molecule has 25 heavy (non-hydrogen) atoms. The number of nitrogens with zero attached hydrogens (tertiary/aromatic N) is 3. The van der Waals surface area contributed by atoms with E-state index >= 15 is 0 Å². The highest BCUT2D eigenvalue weighted by Crippen LogP contribution is 2.32. The highest BCUT2D eigenvalue weighted by Gasteiger charge is 2.30. The van der Waals surface area contributed by atoms with Crippen molar-refractivity contribution in [1.29, 1.82) is 0 Å². The zero-order chi connectivity index (χ0) is 18.2. The minimum absolute atomic E-state index is 0.0147. The summed E-state index contributed by atoms with van der Waals surface area (Å²) in [6.45, 7) is 7.23. The molecule has 136 valence electrons. The van der Waals surface area contributed by atoms with Gasteiger partial charge in [-0.2, -0.15) is 4.31 Å². The van der Waals surface area contributed by atoms with Gasteiger partial charge in [-0.15, -0.1) is 11.3 Å². The molecular formula is C17H23N3O3S2. The number of sulfonamides is 1. The Morgan fingerprint density at radius 3 is 2.28 bits per heavy atom. The summed E-state index contributed by atoms with van der Waals surface area (Å²) in [5.74, 6) is 0.0840. The quantitative estimate of drug-likeness (QED) is 0.816. The first kappa shape index (κ1) is 18.2. The molecule has 0 unspecified atom stereocenters. The van der Waals surface area contributed by atoms with Crippen molar-refractivity contribution in [3.63, 3.8) is 0 Å². The van der Waals surface area contributed by atoms with Crippen molar-refractivity contribution in [3.8, 4) is 5.00 Å². The van der Waals surface area contributed by atoms with Crippen molar-refractivity contribution in [2.45, 2.75) is 20.8 Å². The molecule has 1 aliphatic heterocycles. The lowest BCUT2D eigenvalue weighted by atomic mass is 10.1. The van der Waals surface area contributed by atoms with Gasteiger partial charge in [-0.05, 0) is 38.5 Å². The molecule has 2 aromatic rings. The predicted octanol–water partition coefficient (Wildman–Crippen LogP) is 2.26. The molecule has 1 amide bonds. The van der Waals surface area contributed by atoms with Gasteiger partial charge in [0.2, 0.25) is 10.0 Å². The van der Waals surface area contributed by atoms with E-state index in [2.05, 4.69) is 0 Å². The summed E-state index contributed by atoms with van der Waals surface area (Å²) in [6, 6.07) is 3.88. The molecule has 0 aromatic carbocycles. The number of thiophene rings is 1. The predicted molar refractivity (Wildman–Crippen MR) is 100 cm³/mol. The van der Waals surface area contributed by atoms with Crippen molar-refractivity contribution in [2.24, 2.45) is 0 Å². The molecule has 3 rings (SSSR count). The zero-order valence-corrected chi connectivity index (χ0v) is 16.4. The van der Waals surface area contributed by atoms with Gasteiger partial charge < -0.3 is 9.47 Å². The van der Waals surface area contributed by atoms with Gasteiger partial charge in [0.15, 0.2) is 0 Å². The van der Waals surface area contributed by atoms with Crippen LogP contribution in [0, 0.1) is 13.8 Å². The van der Waals surface area contributed by atoms with Crippen LogP contribution in [0.15, 0.2) is 24.5 Å². The monoisotopic (exact) mass is 381 g/mol. The van der Waals surface area contributed by atoms with Crippen molar-refractivity contribution in [2.75, 3.05) is 31.9 Å². The minimum Gasteiger partial charge on any atom is -0.336 e. The number of piperazine rings is 1. The largest absolute Gasteiger partial charge is 0.336 e. The van der Waals surface area contributed by atoms with Gasteiger partial charge in [0.1, 0.15) is 5.00 Å². The maximum Gasteiger partial charge on any atom is 0.257 e. The molecule has 0 spiro atoms. The number of aryl methyl sites for hydroxylation is 1. The molecule has 0 saturated carbocycles. The van der Waals surface area contributed by atoms with Crippen molar-refractivity contribution < 1.29 is 13.2 Å². The average molecular weight is 382 g/mol. The molecule has 2 aromatic heterocycles. The zero-order valence-electron chi connectivity index (χ0n) is 14.7. The van der Waals surface area contributed by atoms with E-state index in [1.165, 1.54) is 4.31 Å². The Kier molecular flexibility index (Phi) is 5.04. The second-order valence-corrected chi connectivity index (χ2v) is 9.61. The Bertz CT molecular complexity index is 861.